The predicted molar refractivity (Wildman–Crippen MR) is 85.4 cm³/mol. The number of thioether (sulfide) groups is 1. The lowest BCUT2D eigenvalue weighted by Crippen LogP contribution is -2.63. The van der Waals surface area contributed by atoms with Gasteiger partial charge in [-0.15, -0.1) is 0 Å². The van der Waals surface area contributed by atoms with Gasteiger partial charge in [0.2, 0.25) is 5.91 Å². The molecule has 1 atom stereocenters. The Hall–Kier alpha value is -0.680. The van der Waals surface area contributed by atoms with Crippen LogP contribution in [0.5, 0.6) is 0 Å². The monoisotopic (exact) mass is 342 g/mol. The van der Waals surface area contributed by atoms with E-state index in [9.17, 15) is 4.79 Å². The summed E-state index contributed by atoms with van der Waals surface area (Å²) in [6.07, 6.45) is 0.970. The summed E-state index contributed by atoms with van der Waals surface area (Å²) in [4.78, 5) is 12.1. The standard InChI is InChI=1S/C14H19BrN2OS/c1-13(2)7-8-19-9-14(13,12(16)18)17-11-6-4-3-5-10(11)15/h3-6,17H,7-9H2,1-2H3,(H2,16,18). The Morgan fingerprint density at radius 2 is 2.11 bits per heavy atom. The van der Waals surface area contributed by atoms with E-state index in [2.05, 4.69) is 35.1 Å². The Kier molecular flexibility index (Phi) is 4.16. The molecule has 0 aliphatic carbocycles. The van der Waals surface area contributed by atoms with Crippen molar-refractivity contribution in [2.45, 2.75) is 25.8 Å². The number of hydrogen-bond donors (Lipinski definition) is 2. The van der Waals surface area contributed by atoms with Gasteiger partial charge in [-0.2, -0.15) is 11.8 Å². The maximum Gasteiger partial charge on any atom is 0.244 e. The molecule has 1 aromatic rings. The van der Waals surface area contributed by atoms with Crippen LogP contribution < -0.4 is 11.1 Å². The third-order valence-electron chi connectivity index (χ3n) is 3.99. The first-order valence-electron chi connectivity index (χ1n) is 6.29. The lowest BCUT2D eigenvalue weighted by atomic mass is 9.70. The third-order valence-corrected chi connectivity index (χ3v) is 5.81. The summed E-state index contributed by atoms with van der Waals surface area (Å²) in [7, 11) is 0. The minimum absolute atomic E-state index is 0.167. The third kappa shape index (κ3) is 2.63. The van der Waals surface area contributed by atoms with E-state index in [1.807, 2.05) is 24.3 Å². The highest BCUT2D eigenvalue weighted by molar-refractivity contribution is 9.10. The molecule has 19 heavy (non-hydrogen) atoms. The summed E-state index contributed by atoms with van der Waals surface area (Å²) in [5, 5.41) is 3.41. The van der Waals surface area contributed by atoms with Crippen LogP contribution in [0, 0.1) is 5.41 Å². The van der Waals surface area contributed by atoms with Crippen LogP contribution in [0.25, 0.3) is 0 Å². The van der Waals surface area contributed by atoms with Crippen molar-refractivity contribution in [1.82, 2.24) is 0 Å². The van der Waals surface area contributed by atoms with Gasteiger partial charge in [-0.25, -0.2) is 0 Å². The largest absolute Gasteiger partial charge is 0.369 e. The molecule has 0 radical (unpaired) electrons. The molecule has 1 fully saturated rings. The van der Waals surface area contributed by atoms with Crippen molar-refractivity contribution in [3.63, 3.8) is 0 Å². The summed E-state index contributed by atoms with van der Waals surface area (Å²) in [5.74, 6) is 1.50. The number of nitrogens with two attached hydrogens (primary N) is 1. The molecule has 0 saturated carbocycles. The Labute approximate surface area is 126 Å². The molecule has 3 nitrogen and oxygen atoms in total. The van der Waals surface area contributed by atoms with Gasteiger partial charge in [-0.3, -0.25) is 4.79 Å². The molecule has 3 N–H and O–H groups in total. The van der Waals surface area contributed by atoms with Crippen molar-refractivity contribution in [2.75, 3.05) is 16.8 Å². The fourth-order valence-electron chi connectivity index (χ4n) is 2.43. The summed E-state index contributed by atoms with van der Waals surface area (Å²) >= 11 is 5.29. The number of rotatable bonds is 3. The number of nitrogens with one attached hydrogen (secondary N) is 1. The number of carbonyl (C=O) groups is 1. The molecule has 0 aromatic heterocycles. The zero-order valence-corrected chi connectivity index (χ0v) is 13.6. The van der Waals surface area contributed by atoms with E-state index in [1.165, 1.54) is 0 Å². The van der Waals surface area contributed by atoms with Gasteiger partial charge >= 0.3 is 0 Å². The molecule has 0 spiro atoms. The second-order valence-corrected chi connectivity index (χ2v) is 7.52. The van der Waals surface area contributed by atoms with Gasteiger partial charge in [0, 0.05) is 15.9 Å². The minimum Gasteiger partial charge on any atom is -0.369 e. The van der Waals surface area contributed by atoms with Gasteiger partial charge in [0.25, 0.3) is 0 Å². The van der Waals surface area contributed by atoms with E-state index in [1.54, 1.807) is 11.8 Å². The van der Waals surface area contributed by atoms with Crippen molar-refractivity contribution < 1.29 is 4.79 Å². The van der Waals surface area contributed by atoms with E-state index >= 15 is 0 Å². The van der Waals surface area contributed by atoms with Gasteiger partial charge in [0.05, 0.1) is 0 Å². The molecular formula is C14H19BrN2OS. The average Bonchev–Trinajstić information content (AvgIpc) is 2.34. The van der Waals surface area contributed by atoms with Crippen molar-refractivity contribution in [3.05, 3.63) is 28.7 Å². The SMILES string of the molecule is CC1(C)CCSCC1(Nc1ccccc1Br)C(N)=O. The Balaban J connectivity index is 2.41. The molecule has 1 heterocycles. The Morgan fingerprint density at radius 3 is 2.68 bits per heavy atom. The summed E-state index contributed by atoms with van der Waals surface area (Å²) in [5.41, 5.74) is 5.78. The van der Waals surface area contributed by atoms with Crippen LogP contribution in [0.1, 0.15) is 20.3 Å². The van der Waals surface area contributed by atoms with Gasteiger partial charge < -0.3 is 11.1 Å². The van der Waals surface area contributed by atoms with Crippen LogP contribution >= 0.6 is 27.7 Å². The fourth-order valence-corrected chi connectivity index (χ4v) is 4.52. The summed E-state index contributed by atoms with van der Waals surface area (Å²) in [6.45, 7) is 4.22. The van der Waals surface area contributed by atoms with Gasteiger partial charge in [-0.05, 0) is 45.7 Å². The number of primary amides is 1. The molecule has 0 bridgehead atoms. The highest BCUT2D eigenvalue weighted by Gasteiger charge is 2.51. The second-order valence-electron chi connectivity index (χ2n) is 5.56. The first-order chi connectivity index (χ1) is 8.89. The number of benzene rings is 1. The zero-order chi connectivity index (χ0) is 14.1. The first-order valence-corrected chi connectivity index (χ1v) is 8.24. The molecule has 1 amide bonds. The summed E-state index contributed by atoms with van der Waals surface area (Å²) in [6, 6.07) is 7.82. The van der Waals surface area contributed by atoms with Crippen LogP contribution in [-0.2, 0) is 4.79 Å². The van der Waals surface area contributed by atoms with Crippen molar-refractivity contribution in [2.24, 2.45) is 11.1 Å². The fraction of sp³-hybridized carbons (Fsp3) is 0.500. The molecular weight excluding hydrogens is 324 g/mol. The lowest BCUT2D eigenvalue weighted by molar-refractivity contribution is -0.125. The molecule has 5 heteroatoms. The maximum atomic E-state index is 12.1. The number of carbonyl (C=O) groups excluding carboxylic acids is 1. The molecule has 2 rings (SSSR count). The molecule has 1 unspecified atom stereocenters. The van der Waals surface area contributed by atoms with Crippen LogP contribution in [0.3, 0.4) is 0 Å². The number of anilines is 1. The van der Waals surface area contributed by atoms with Gasteiger partial charge in [0.1, 0.15) is 5.54 Å². The van der Waals surface area contributed by atoms with E-state index in [0.717, 1.165) is 22.3 Å². The van der Waals surface area contributed by atoms with Gasteiger partial charge in [-0.1, -0.05) is 26.0 Å². The highest BCUT2D eigenvalue weighted by atomic mass is 79.9. The average molecular weight is 343 g/mol. The number of amides is 1. The first kappa shape index (κ1) is 14.7. The Bertz CT molecular complexity index is 492. The van der Waals surface area contributed by atoms with Crippen molar-refractivity contribution in [1.29, 1.82) is 0 Å². The highest BCUT2D eigenvalue weighted by Crippen LogP contribution is 2.44. The molecule has 104 valence electrons. The smallest absolute Gasteiger partial charge is 0.244 e. The lowest BCUT2D eigenvalue weighted by Gasteiger charge is -2.48. The number of para-hydroxylation sites is 1. The van der Waals surface area contributed by atoms with Crippen LogP contribution in [0.4, 0.5) is 5.69 Å². The molecule has 1 aliphatic rings. The minimum atomic E-state index is -0.709. The van der Waals surface area contributed by atoms with Crippen LogP contribution in [0.2, 0.25) is 0 Å². The zero-order valence-electron chi connectivity index (χ0n) is 11.2. The molecule has 1 saturated heterocycles. The normalized spacial score (nSPS) is 25.8. The quantitative estimate of drug-likeness (QED) is 0.886. The van der Waals surface area contributed by atoms with Crippen molar-refractivity contribution in [3.8, 4) is 0 Å². The van der Waals surface area contributed by atoms with Crippen molar-refractivity contribution >= 4 is 39.3 Å². The van der Waals surface area contributed by atoms with Crippen LogP contribution in [0.15, 0.2) is 28.7 Å². The topological polar surface area (TPSA) is 55.1 Å². The van der Waals surface area contributed by atoms with E-state index in [-0.39, 0.29) is 11.3 Å². The second kappa shape index (κ2) is 5.37. The number of halogens is 1. The Morgan fingerprint density at radius 1 is 1.42 bits per heavy atom. The van der Waals surface area contributed by atoms with Gasteiger partial charge in [0.15, 0.2) is 0 Å². The predicted octanol–water partition coefficient (Wildman–Crippen LogP) is 3.25. The van der Waals surface area contributed by atoms with E-state index < -0.39 is 5.54 Å². The molecule has 1 aliphatic heterocycles. The summed E-state index contributed by atoms with van der Waals surface area (Å²) < 4.78 is 0.946. The maximum absolute atomic E-state index is 12.1. The number of hydrogen-bond acceptors (Lipinski definition) is 3. The molecule has 1 aromatic carbocycles. The van der Waals surface area contributed by atoms with Crippen LogP contribution in [-0.4, -0.2) is 23.0 Å². The van der Waals surface area contributed by atoms with E-state index in [0.29, 0.717) is 5.75 Å². The van der Waals surface area contributed by atoms with E-state index in [4.69, 9.17) is 5.73 Å².